The Labute approximate surface area is 134 Å². The molecule has 2 atom stereocenters. The highest BCUT2D eigenvalue weighted by molar-refractivity contribution is 5.80. The molecular formula is C15H22N6O2. The third-order valence-corrected chi connectivity index (χ3v) is 4.26. The number of hydrogen-bond acceptors (Lipinski definition) is 6. The van der Waals surface area contributed by atoms with Gasteiger partial charge in [-0.1, -0.05) is 19.0 Å². The second kappa shape index (κ2) is 6.11. The Morgan fingerprint density at radius 2 is 2.22 bits per heavy atom. The lowest BCUT2D eigenvalue weighted by Gasteiger charge is -2.25. The molecule has 3 heterocycles. The topological polar surface area (TPSA) is 89.1 Å². The standard InChI is InChI=1S/C15H22N6O2/c1-9(2)15-18-12(23-19-15)8-16-10-7-13(22)20(3)14(10)11-5-6-17-21(11)4/h5-6,9-10,14,16H,7-8H2,1-4H3/t10-,14-/m1/s1. The van der Waals surface area contributed by atoms with Crippen molar-refractivity contribution < 1.29 is 9.32 Å². The zero-order chi connectivity index (χ0) is 16.6. The van der Waals surface area contributed by atoms with Crippen LogP contribution in [0, 0.1) is 0 Å². The number of hydrogen-bond donors (Lipinski definition) is 1. The number of amides is 1. The number of nitrogens with one attached hydrogen (secondary N) is 1. The van der Waals surface area contributed by atoms with E-state index < -0.39 is 0 Å². The summed E-state index contributed by atoms with van der Waals surface area (Å²) < 4.78 is 7.05. The summed E-state index contributed by atoms with van der Waals surface area (Å²) in [6.07, 6.45) is 2.19. The average Bonchev–Trinajstić information content (AvgIpc) is 3.19. The minimum Gasteiger partial charge on any atom is -0.338 e. The Hall–Kier alpha value is -2.22. The van der Waals surface area contributed by atoms with Crippen LogP contribution in [0.5, 0.6) is 0 Å². The molecule has 0 unspecified atom stereocenters. The smallest absolute Gasteiger partial charge is 0.240 e. The molecule has 8 heteroatoms. The predicted octanol–water partition coefficient (Wildman–Crippen LogP) is 0.988. The Morgan fingerprint density at radius 1 is 1.43 bits per heavy atom. The van der Waals surface area contributed by atoms with Crippen LogP contribution in [0.1, 0.15) is 49.6 Å². The summed E-state index contributed by atoms with van der Waals surface area (Å²) in [5.74, 6) is 1.58. The summed E-state index contributed by atoms with van der Waals surface area (Å²) in [7, 11) is 3.71. The van der Waals surface area contributed by atoms with Crippen LogP contribution < -0.4 is 5.32 Å². The molecule has 8 nitrogen and oxygen atoms in total. The number of carbonyl (C=O) groups excluding carboxylic acids is 1. The third-order valence-electron chi connectivity index (χ3n) is 4.26. The van der Waals surface area contributed by atoms with Gasteiger partial charge in [0.25, 0.3) is 0 Å². The number of aromatic nitrogens is 4. The van der Waals surface area contributed by atoms with E-state index in [1.54, 1.807) is 15.8 Å². The van der Waals surface area contributed by atoms with Crippen LogP contribution in [-0.4, -0.2) is 43.8 Å². The normalized spacial score (nSPS) is 21.6. The highest BCUT2D eigenvalue weighted by Crippen LogP contribution is 2.31. The summed E-state index contributed by atoms with van der Waals surface area (Å²) in [5.41, 5.74) is 1.00. The van der Waals surface area contributed by atoms with Gasteiger partial charge in [0.05, 0.1) is 18.3 Å². The van der Waals surface area contributed by atoms with Crippen molar-refractivity contribution >= 4 is 5.91 Å². The number of likely N-dealkylation sites (tertiary alicyclic amines) is 1. The molecule has 1 aliphatic heterocycles. The van der Waals surface area contributed by atoms with Crippen LogP contribution in [-0.2, 0) is 18.4 Å². The molecule has 23 heavy (non-hydrogen) atoms. The second-order valence-electron chi connectivity index (χ2n) is 6.22. The summed E-state index contributed by atoms with van der Waals surface area (Å²) >= 11 is 0. The fourth-order valence-electron chi connectivity index (χ4n) is 2.92. The van der Waals surface area contributed by atoms with Crippen LogP contribution in [0.3, 0.4) is 0 Å². The van der Waals surface area contributed by atoms with Gasteiger partial charge in [0.1, 0.15) is 0 Å². The van der Waals surface area contributed by atoms with Crippen molar-refractivity contribution in [2.45, 2.75) is 44.8 Å². The van der Waals surface area contributed by atoms with Crippen LogP contribution in [0.4, 0.5) is 0 Å². The highest BCUT2D eigenvalue weighted by atomic mass is 16.5. The number of nitrogens with zero attached hydrogens (tertiary/aromatic N) is 5. The largest absolute Gasteiger partial charge is 0.338 e. The molecule has 2 aromatic heterocycles. The fourth-order valence-corrected chi connectivity index (χ4v) is 2.92. The van der Waals surface area contributed by atoms with Gasteiger partial charge in [-0.3, -0.25) is 9.48 Å². The molecule has 0 aliphatic carbocycles. The van der Waals surface area contributed by atoms with Crippen LogP contribution in [0.25, 0.3) is 0 Å². The van der Waals surface area contributed by atoms with Crippen molar-refractivity contribution in [3.05, 3.63) is 29.7 Å². The van der Waals surface area contributed by atoms with Crippen molar-refractivity contribution in [2.24, 2.45) is 7.05 Å². The van der Waals surface area contributed by atoms with E-state index in [-0.39, 0.29) is 23.9 Å². The van der Waals surface area contributed by atoms with Crippen molar-refractivity contribution in [3.63, 3.8) is 0 Å². The van der Waals surface area contributed by atoms with Crippen molar-refractivity contribution in [3.8, 4) is 0 Å². The number of aryl methyl sites for hydroxylation is 1. The van der Waals surface area contributed by atoms with Crippen LogP contribution >= 0.6 is 0 Å². The van der Waals surface area contributed by atoms with E-state index in [0.29, 0.717) is 24.7 Å². The Balaban J connectivity index is 1.72. The first kappa shape index (κ1) is 15.7. The summed E-state index contributed by atoms with van der Waals surface area (Å²) in [6.45, 7) is 4.48. The summed E-state index contributed by atoms with van der Waals surface area (Å²) in [4.78, 5) is 18.2. The maximum absolute atomic E-state index is 12.1. The number of rotatable bonds is 5. The molecule has 1 N–H and O–H groups in total. The first-order valence-electron chi connectivity index (χ1n) is 7.76. The minimum atomic E-state index is -0.0532. The first-order valence-corrected chi connectivity index (χ1v) is 7.76. The lowest BCUT2D eigenvalue weighted by molar-refractivity contribution is -0.127. The van der Waals surface area contributed by atoms with Crippen LogP contribution in [0.2, 0.25) is 0 Å². The summed E-state index contributed by atoms with van der Waals surface area (Å²) in [6, 6.07) is 1.87. The van der Waals surface area contributed by atoms with E-state index >= 15 is 0 Å². The minimum absolute atomic E-state index is 0.0164. The number of likely N-dealkylation sites (N-methyl/N-ethyl adjacent to an activating group) is 1. The van der Waals surface area contributed by atoms with E-state index in [1.807, 2.05) is 34.0 Å². The monoisotopic (exact) mass is 318 g/mol. The van der Waals surface area contributed by atoms with Crippen LogP contribution in [0.15, 0.2) is 16.8 Å². The molecule has 3 rings (SSSR count). The van der Waals surface area contributed by atoms with E-state index in [1.165, 1.54) is 0 Å². The van der Waals surface area contributed by atoms with E-state index in [2.05, 4.69) is 20.6 Å². The predicted molar refractivity (Wildman–Crippen MR) is 82.4 cm³/mol. The molecule has 0 radical (unpaired) electrons. The highest BCUT2D eigenvalue weighted by Gasteiger charge is 2.39. The Morgan fingerprint density at radius 3 is 2.83 bits per heavy atom. The molecule has 0 spiro atoms. The molecule has 1 fully saturated rings. The van der Waals surface area contributed by atoms with Gasteiger partial charge in [0, 0.05) is 38.7 Å². The van der Waals surface area contributed by atoms with Crippen molar-refractivity contribution in [1.29, 1.82) is 0 Å². The van der Waals surface area contributed by atoms with Gasteiger partial charge in [-0.2, -0.15) is 10.1 Å². The zero-order valence-electron chi connectivity index (χ0n) is 13.9. The lowest BCUT2D eigenvalue weighted by atomic mass is 10.1. The van der Waals surface area contributed by atoms with E-state index in [4.69, 9.17) is 4.52 Å². The van der Waals surface area contributed by atoms with Gasteiger partial charge in [0.2, 0.25) is 11.8 Å². The van der Waals surface area contributed by atoms with Gasteiger partial charge in [-0.05, 0) is 6.07 Å². The molecule has 0 saturated carbocycles. The van der Waals surface area contributed by atoms with E-state index in [0.717, 1.165) is 5.69 Å². The second-order valence-corrected chi connectivity index (χ2v) is 6.22. The van der Waals surface area contributed by atoms with Crippen molar-refractivity contribution in [1.82, 2.24) is 30.1 Å². The maximum atomic E-state index is 12.1. The van der Waals surface area contributed by atoms with Crippen molar-refractivity contribution in [2.75, 3.05) is 7.05 Å². The zero-order valence-corrected chi connectivity index (χ0v) is 13.9. The first-order chi connectivity index (χ1) is 11.0. The molecule has 0 bridgehead atoms. The summed E-state index contributed by atoms with van der Waals surface area (Å²) in [5, 5.41) is 11.5. The Kier molecular flexibility index (Phi) is 4.16. The lowest BCUT2D eigenvalue weighted by Crippen LogP contribution is -2.36. The molecule has 1 amide bonds. The van der Waals surface area contributed by atoms with Gasteiger partial charge < -0.3 is 14.7 Å². The van der Waals surface area contributed by atoms with Gasteiger partial charge in [-0.25, -0.2) is 0 Å². The SMILES string of the molecule is CC(C)c1noc(CN[C@@H]2CC(=O)N(C)[C@H]2c2ccnn2C)n1. The Bertz CT molecular complexity index is 692. The number of carbonyl (C=O) groups is 1. The molecule has 1 aliphatic rings. The molecule has 124 valence electrons. The molecule has 2 aromatic rings. The van der Waals surface area contributed by atoms with E-state index in [9.17, 15) is 4.79 Å². The van der Waals surface area contributed by atoms with Gasteiger partial charge in [-0.15, -0.1) is 0 Å². The third kappa shape index (κ3) is 2.98. The maximum Gasteiger partial charge on any atom is 0.240 e. The molecular weight excluding hydrogens is 296 g/mol. The van der Waals surface area contributed by atoms with Gasteiger partial charge >= 0.3 is 0 Å². The fraction of sp³-hybridized carbons (Fsp3) is 0.600. The van der Waals surface area contributed by atoms with Gasteiger partial charge in [0.15, 0.2) is 5.82 Å². The average molecular weight is 318 g/mol. The molecule has 0 aromatic carbocycles. The molecule has 1 saturated heterocycles. The quantitative estimate of drug-likeness (QED) is 0.884.